The first-order valence-electron chi connectivity index (χ1n) is 5.43. The number of methoxy groups -OCH3 is 1. The Morgan fingerprint density at radius 1 is 1.38 bits per heavy atom. The first kappa shape index (κ1) is 12.7. The monoisotopic (exact) mass is 221 g/mol. The fraction of sp³-hybridized carbons (Fsp3) is 0.462. The maximum atomic E-state index is 11.3. The molecule has 3 heteroatoms. The van der Waals surface area contributed by atoms with Crippen LogP contribution in [0.2, 0.25) is 0 Å². The lowest BCUT2D eigenvalue weighted by atomic mass is 10.1. The van der Waals surface area contributed by atoms with Crippen LogP contribution < -0.4 is 0 Å². The highest BCUT2D eigenvalue weighted by Gasteiger charge is 2.15. The van der Waals surface area contributed by atoms with Gasteiger partial charge in [-0.2, -0.15) is 0 Å². The van der Waals surface area contributed by atoms with Gasteiger partial charge in [0.15, 0.2) is 0 Å². The fourth-order valence-corrected chi connectivity index (χ4v) is 1.70. The van der Waals surface area contributed by atoms with E-state index in [-0.39, 0.29) is 11.9 Å². The van der Waals surface area contributed by atoms with Gasteiger partial charge >= 0.3 is 5.97 Å². The Kier molecular flexibility index (Phi) is 4.99. The molecule has 1 aromatic carbocycles. The molecule has 0 unspecified atom stereocenters. The zero-order chi connectivity index (χ0) is 12.0. The van der Waals surface area contributed by atoms with Crippen molar-refractivity contribution in [3.05, 3.63) is 35.9 Å². The van der Waals surface area contributed by atoms with Crippen LogP contribution >= 0.6 is 0 Å². The third-order valence-electron chi connectivity index (χ3n) is 2.48. The topological polar surface area (TPSA) is 29.5 Å². The first-order valence-corrected chi connectivity index (χ1v) is 5.43. The molecule has 0 amide bonds. The molecule has 0 aliphatic carbocycles. The van der Waals surface area contributed by atoms with Crippen LogP contribution in [0.1, 0.15) is 12.5 Å². The molecule has 0 saturated carbocycles. The van der Waals surface area contributed by atoms with E-state index in [4.69, 9.17) is 4.74 Å². The van der Waals surface area contributed by atoms with Crippen LogP contribution in [0.5, 0.6) is 0 Å². The maximum Gasteiger partial charge on any atom is 0.309 e. The number of esters is 1. The zero-order valence-electron chi connectivity index (χ0n) is 10.1. The Labute approximate surface area is 97.0 Å². The highest BCUT2D eigenvalue weighted by Crippen LogP contribution is 2.06. The average Bonchev–Trinajstić information content (AvgIpc) is 2.29. The first-order chi connectivity index (χ1) is 7.63. The molecule has 3 nitrogen and oxygen atoms in total. The van der Waals surface area contributed by atoms with Crippen molar-refractivity contribution in [3.8, 4) is 0 Å². The summed E-state index contributed by atoms with van der Waals surface area (Å²) in [7, 11) is 3.43. The molecule has 0 aromatic heterocycles. The molecule has 0 N–H and O–H groups in total. The number of rotatable bonds is 5. The van der Waals surface area contributed by atoms with E-state index in [1.54, 1.807) is 0 Å². The van der Waals surface area contributed by atoms with Gasteiger partial charge in [0.1, 0.15) is 0 Å². The van der Waals surface area contributed by atoms with Crippen molar-refractivity contribution in [2.24, 2.45) is 5.92 Å². The summed E-state index contributed by atoms with van der Waals surface area (Å²) >= 11 is 0. The summed E-state index contributed by atoms with van der Waals surface area (Å²) in [6.07, 6.45) is 0. The van der Waals surface area contributed by atoms with E-state index in [0.29, 0.717) is 6.54 Å². The molecule has 0 bridgehead atoms. The summed E-state index contributed by atoms with van der Waals surface area (Å²) in [4.78, 5) is 13.4. The summed E-state index contributed by atoms with van der Waals surface area (Å²) in [5.74, 6) is -0.237. The number of carbonyl (C=O) groups is 1. The third kappa shape index (κ3) is 4.03. The number of ether oxygens (including phenoxy) is 1. The predicted octanol–water partition coefficient (Wildman–Crippen LogP) is 1.93. The van der Waals surface area contributed by atoms with Gasteiger partial charge in [0.25, 0.3) is 0 Å². The Balaban J connectivity index is 2.42. The molecule has 0 aliphatic rings. The van der Waals surface area contributed by atoms with Gasteiger partial charge < -0.3 is 9.64 Å². The minimum atomic E-state index is -0.153. The summed E-state index contributed by atoms with van der Waals surface area (Å²) < 4.78 is 4.70. The fourth-order valence-electron chi connectivity index (χ4n) is 1.70. The van der Waals surface area contributed by atoms with Crippen LogP contribution in [0.15, 0.2) is 30.3 Å². The Hall–Kier alpha value is -1.35. The number of hydrogen-bond acceptors (Lipinski definition) is 3. The number of benzene rings is 1. The highest BCUT2D eigenvalue weighted by atomic mass is 16.5. The molecule has 0 aliphatic heterocycles. The van der Waals surface area contributed by atoms with Crippen LogP contribution in [-0.2, 0) is 16.1 Å². The van der Waals surface area contributed by atoms with Gasteiger partial charge in [-0.05, 0) is 12.6 Å². The van der Waals surface area contributed by atoms with Crippen molar-refractivity contribution in [2.75, 3.05) is 20.7 Å². The molecule has 1 atom stereocenters. The van der Waals surface area contributed by atoms with Crippen molar-refractivity contribution in [2.45, 2.75) is 13.5 Å². The minimum Gasteiger partial charge on any atom is -0.469 e. The molecule has 0 saturated heterocycles. The van der Waals surface area contributed by atoms with Gasteiger partial charge in [-0.15, -0.1) is 0 Å². The molecule has 0 radical (unpaired) electrons. The smallest absolute Gasteiger partial charge is 0.309 e. The summed E-state index contributed by atoms with van der Waals surface area (Å²) in [6.45, 7) is 3.44. The summed E-state index contributed by atoms with van der Waals surface area (Å²) in [5, 5.41) is 0. The van der Waals surface area contributed by atoms with Crippen molar-refractivity contribution in [1.29, 1.82) is 0 Å². The van der Waals surface area contributed by atoms with Gasteiger partial charge in [-0.25, -0.2) is 0 Å². The second-order valence-electron chi connectivity index (χ2n) is 4.11. The van der Waals surface area contributed by atoms with Crippen LogP contribution in [0, 0.1) is 5.92 Å². The van der Waals surface area contributed by atoms with Gasteiger partial charge in [0.2, 0.25) is 0 Å². The zero-order valence-corrected chi connectivity index (χ0v) is 10.1. The van der Waals surface area contributed by atoms with E-state index >= 15 is 0 Å². The summed E-state index contributed by atoms with van der Waals surface area (Å²) in [5.41, 5.74) is 1.25. The second-order valence-corrected chi connectivity index (χ2v) is 4.11. The van der Waals surface area contributed by atoms with Gasteiger partial charge in [0.05, 0.1) is 13.0 Å². The number of hydrogen-bond donors (Lipinski definition) is 0. The average molecular weight is 221 g/mol. The van der Waals surface area contributed by atoms with E-state index < -0.39 is 0 Å². The van der Waals surface area contributed by atoms with Crippen molar-refractivity contribution in [3.63, 3.8) is 0 Å². The molecule has 0 spiro atoms. The Morgan fingerprint density at radius 3 is 2.56 bits per heavy atom. The lowest BCUT2D eigenvalue weighted by Gasteiger charge is -2.19. The largest absolute Gasteiger partial charge is 0.469 e. The SMILES string of the molecule is COC(=O)[C@H](C)CN(C)Cc1ccccc1. The molecular weight excluding hydrogens is 202 g/mol. The number of nitrogens with zero attached hydrogens (tertiary/aromatic N) is 1. The predicted molar refractivity (Wildman–Crippen MR) is 64.0 cm³/mol. The Bertz CT molecular complexity index is 324. The maximum absolute atomic E-state index is 11.3. The normalized spacial score (nSPS) is 12.5. The van der Waals surface area contributed by atoms with Crippen molar-refractivity contribution < 1.29 is 9.53 Å². The van der Waals surface area contributed by atoms with Crippen molar-refractivity contribution >= 4 is 5.97 Å². The van der Waals surface area contributed by atoms with Crippen LogP contribution in [0.25, 0.3) is 0 Å². The van der Waals surface area contributed by atoms with Crippen LogP contribution in [-0.4, -0.2) is 31.6 Å². The highest BCUT2D eigenvalue weighted by molar-refractivity contribution is 5.72. The molecule has 88 valence electrons. The standard InChI is InChI=1S/C13H19NO2/c1-11(13(15)16-3)9-14(2)10-12-7-5-4-6-8-12/h4-8,11H,9-10H2,1-3H3/t11-/m1/s1. The van der Waals surface area contributed by atoms with Gasteiger partial charge in [-0.1, -0.05) is 37.3 Å². The lowest BCUT2D eigenvalue weighted by Crippen LogP contribution is -2.29. The molecule has 1 aromatic rings. The summed E-state index contributed by atoms with van der Waals surface area (Å²) in [6, 6.07) is 10.2. The van der Waals surface area contributed by atoms with Gasteiger partial charge in [-0.3, -0.25) is 4.79 Å². The lowest BCUT2D eigenvalue weighted by molar-refractivity contribution is -0.145. The van der Waals surface area contributed by atoms with Crippen LogP contribution in [0.4, 0.5) is 0 Å². The molecule has 0 heterocycles. The van der Waals surface area contributed by atoms with Gasteiger partial charge in [0, 0.05) is 13.1 Å². The molecular formula is C13H19NO2. The Morgan fingerprint density at radius 2 is 2.00 bits per heavy atom. The van der Waals surface area contributed by atoms with Crippen molar-refractivity contribution in [1.82, 2.24) is 4.90 Å². The third-order valence-corrected chi connectivity index (χ3v) is 2.48. The van der Waals surface area contributed by atoms with Crippen LogP contribution in [0.3, 0.4) is 0 Å². The number of carbonyl (C=O) groups excluding carboxylic acids is 1. The molecule has 16 heavy (non-hydrogen) atoms. The molecule has 0 fully saturated rings. The van der Waals surface area contributed by atoms with E-state index in [0.717, 1.165) is 6.54 Å². The molecule has 1 rings (SSSR count). The van der Waals surface area contributed by atoms with E-state index in [2.05, 4.69) is 17.0 Å². The second kappa shape index (κ2) is 6.28. The van der Waals surface area contributed by atoms with E-state index in [1.807, 2.05) is 32.2 Å². The van der Waals surface area contributed by atoms with E-state index in [9.17, 15) is 4.79 Å². The minimum absolute atomic E-state index is 0.0845. The quantitative estimate of drug-likeness (QED) is 0.711. The van der Waals surface area contributed by atoms with E-state index in [1.165, 1.54) is 12.7 Å².